The average molecular weight is 327 g/mol. The van der Waals surface area contributed by atoms with Crippen molar-refractivity contribution in [2.75, 3.05) is 14.1 Å². The first-order chi connectivity index (χ1) is 10.3. The molecule has 0 aliphatic heterocycles. The SMILES string of the molecule is CCCCCCC(C(=O)O)c1ccccc1S(=O)(=O)N(C)C. The van der Waals surface area contributed by atoms with Crippen LogP contribution in [-0.2, 0) is 14.8 Å². The van der Waals surface area contributed by atoms with E-state index in [4.69, 9.17) is 0 Å². The second-order valence-electron chi connectivity index (χ2n) is 5.57. The van der Waals surface area contributed by atoms with Crippen molar-refractivity contribution in [3.8, 4) is 0 Å². The van der Waals surface area contributed by atoms with Crippen molar-refractivity contribution in [1.82, 2.24) is 4.31 Å². The zero-order chi connectivity index (χ0) is 16.8. The fourth-order valence-corrected chi connectivity index (χ4v) is 3.54. The summed E-state index contributed by atoms with van der Waals surface area (Å²) in [5.74, 6) is -1.76. The lowest BCUT2D eigenvalue weighted by Crippen LogP contribution is -2.25. The first-order valence-electron chi connectivity index (χ1n) is 7.56. The lowest BCUT2D eigenvalue weighted by molar-refractivity contribution is -0.139. The van der Waals surface area contributed by atoms with Gasteiger partial charge in [0, 0.05) is 14.1 Å². The molecule has 0 amide bonds. The Kier molecular flexibility index (Phi) is 7.03. The molecule has 0 fully saturated rings. The van der Waals surface area contributed by atoms with Crippen LogP contribution in [0.3, 0.4) is 0 Å². The summed E-state index contributed by atoms with van der Waals surface area (Å²) in [6.07, 6.45) is 4.33. The number of benzene rings is 1. The molecule has 1 atom stereocenters. The van der Waals surface area contributed by atoms with Crippen LogP contribution in [0, 0.1) is 0 Å². The van der Waals surface area contributed by atoms with Gasteiger partial charge in [0.05, 0.1) is 10.8 Å². The highest BCUT2D eigenvalue weighted by atomic mass is 32.2. The minimum absolute atomic E-state index is 0.0860. The molecule has 1 rings (SSSR count). The van der Waals surface area contributed by atoms with E-state index in [0.717, 1.165) is 30.0 Å². The van der Waals surface area contributed by atoms with Crippen LogP contribution in [0.5, 0.6) is 0 Å². The zero-order valence-corrected chi connectivity index (χ0v) is 14.3. The second-order valence-corrected chi connectivity index (χ2v) is 7.69. The Morgan fingerprint density at radius 1 is 1.18 bits per heavy atom. The lowest BCUT2D eigenvalue weighted by Gasteiger charge is -2.19. The summed E-state index contributed by atoms with van der Waals surface area (Å²) in [6, 6.07) is 6.39. The van der Waals surface area contributed by atoms with Crippen LogP contribution < -0.4 is 0 Å². The number of hydrogen-bond donors (Lipinski definition) is 1. The van der Waals surface area contributed by atoms with Crippen LogP contribution in [0.4, 0.5) is 0 Å². The molecule has 0 bridgehead atoms. The molecule has 0 spiro atoms. The third-order valence-electron chi connectivity index (χ3n) is 3.70. The summed E-state index contributed by atoms with van der Waals surface area (Å²) in [5.41, 5.74) is 0.375. The minimum Gasteiger partial charge on any atom is -0.481 e. The van der Waals surface area contributed by atoms with Gasteiger partial charge < -0.3 is 5.11 Å². The van der Waals surface area contributed by atoms with Crippen LogP contribution >= 0.6 is 0 Å². The predicted octanol–water partition coefficient (Wildman–Crippen LogP) is 3.08. The van der Waals surface area contributed by atoms with Crippen LogP contribution in [0.25, 0.3) is 0 Å². The third-order valence-corrected chi connectivity index (χ3v) is 5.59. The number of unbranched alkanes of at least 4 members (excludes halogenated alkanes) is 3. The molecule has 6 heteroatoms. The smallest absolute Gasteiger partial charge is 0.311 e. The van der Waals surface area contributed by atoms with Gasteiger partial charge in [0.25, 0.3) is 0 Å². The first kappa shape index (κ1) is 18.6. The van der Waals surface area contributed by atoms with Gasteiger partial charge in [-0.1, -0.05) is 50.8 Å². The quantitative estimate of drug-likeness (QED) is 0.707. The molecule has 1 aromatic carbocycles. The molecular formula is C16H25NO4S. The Hall–Kier alpha value is -1.40. The van der Waals surface area contributed by atoms with Gasteiger partial charge in [-0.3, -0.25) is 4.79 Å². The maximum atomic E-state index is 12.4. The van der Waals surface area contributed by atoms with Crippen LogP contribution in [0.1, 0.15) is 50.5 Å². The Labute approximate surface area is 133 Å². The number of carbonyl (C=O) groups is 1. The number of rotatable bonds is 9. The molecule has 0 aliphatic carbocycles. The van der Waals surface area contributed by atoms with E-state index in [1.165, 1.54) is 20.2 Å². The van der Waals surface area contributed by atoms with E-state index in [2.05, 4.69) is 6.92 Å². The zero-order valence-electron chi connectivity index (χ0n) is 13.4. The Bertz CT molecular complexity index is 596. The Morgan fingerprint density at radius 2 is 1.82 bits per heavy atom. The van der Waals surface area contributed by atoms with E-state index in [1.54, 1.807) is 18.2 Å². The minimum atomic E-state index is -3.65. The summed E-state index contributed by atoms with van der Waals surface area (Å²) in [7, 11) is -0.756. The van der Waals surface area contributed by atoms with Crippen molar-refractivity contribution in [3.63, 3.8) is 0 Å². The van der Waals surface area contributed by atoms with E-state index >= 15 is 0 Å². The maximum absolute atomic E-state index is 12.4. The normalized spacial score (nSPS) is 13.3. The van der Waals surface area contributed by atoms with Gasteiger partial charge in [0.1, 0.15) is 0 Å². The van der Waals surface area contributed by atoms with Gasteiger partial charge in [0.15, 0.2) is 0 Å². The van der Waals surface area contributed by atoms with Crippen molar-refractivity contribution in [1.29, 1.82) is 0 Å². The van der Waals surface area contributed by atoms with Gasteiger partial charge in [0.2, 0.25) is 10.0 Å². The molecule has 0 saturated carbocycles. The fraction of sp³-hybridized carbons (Fsp3) is 0.562. The predicted molar refractivity (Wildman–Crippen MR) is 86.5 cm³/mol. The molecule has 0 saturated heterocycles. The number of sulfonamides is 1. The van der Waals surface area contributed by atoms with Gasteiger partial charge in [-0.05, 0) is 18.1 Å². The molecule has 22 heavy (non-hydrogen) atoms. The highest BCUT2D eigenvalue weighted by Gasteiger charge is 2.28. The van der Waals surface area contributed by atoms with Crippen LogP contribution in [0.15, 0.2) is 29.2 Å². The summed E-state index contributed by atoms with van der Waals surface area (Å²) in [6.45, 7) is 2.09. The molecule has 124 valence electrons. The summed E-state index contributed by atoms with van der Waals surface area (Å²) >= 11 is 0. The number of carboxylic acid groups (broad SMARTS) is 1. The maximum Gasteiger partial charge on any atom is 0.311 e. The number of carboxylic acids is 1. The fourth-order valence-electron chi connectivity index (χ4n) is 2.39. The molecule has 0 aromatic heterocycles. The molecule has 5 nitrogen and oxygen atoms in total. The van der Waals surface area contributed by atoms with E-state index in [-0.39, 0.29) is 4.90 Å². The van der Waals surface area contributed by atoms with Crippen molar-refractivity contribution < 1.29 is 18.3 Å². The van der Waals surface area contributed by atoms with Crippen molar-refractivity contribution >= 4 is 16.0 Å². The summed E-state index contributed by atoms with van der Waals surface area (Å²) < 4.78 is 25.9. The molecule has 1 unspecified atom stereocenters. The number of hydrogen-bond acceptors (Lipinski definition) is 3. The van der Waals surface area contributed by atoms with E-state index in [9.17, 15) is 18.3 Å². The summed E-state index contributed by atoms with van der Waals surface area (Å²) in [4.78, 5) is 11.7. The molecule has 0 radical (unpaired) electrons. The first-order valence-corrected chi connectivity index (χ1v) is 9.00. The molecule has 1 N–H and O–H groups in total. The monoisotopic (exact) mass is 327 g/mol. The average Bonchev–Trinajstić information content (AvgIpc) is 2.46. The highest BCUT2D eigenvalue weighted by molar-refractivity contribution is 7.89. The second kappa shape index (κ2) is 8.29. The van der Waals surface area contributed by atoms with Gasteiger partial charge in [-0.15, -0.1) is 0 Å². The van der Waals surface area contributed by atoms with Crippen molar-refractivity contribution in [2.45, 2.75) is 49.8 Å². The van der Waals surface area contributed by atoms with Gasteiger partial charge in [-0.25, -0.2) is 12.7 Å². The molecular weight excluding hydrogens is 302 g/mol. The van der Waals surface area contributed by atoms with Gasteiger partial charge >= 0.3 is 5.97 Å². The third kappa shape index (κ3) is 4.55. The number of nitrogens with zero attached hydrogens (tertiary/aromatic N) is 1. The number of aliphatic carboxylic acids is 1. The van der Waals surface area contributed by atoms with Crippen LogP contribution in [0.2, 0.25) is 0 Å². The van der Waals surface area contributed by atoms with Crippen molar-refractivity contribution in [2.24, 2.45) is 0 Å². The standard InChI is InChI=1S/C16H25NO4S/c1-4-5-6-7-11-14(16(18)19)13-10-8-9-12-15(13)22(20,21)17(2)3/h8-10,12,14H,4-7,11H2,1-3H3,(H,18,19). The topological polar surface area (TPSA) is 74.7 Å². The molecule has 0 heterocycles. The van der Waals surface area contributed by atoms with Gasteiger partial charge in [-0.2, -0.15) is 0 Å². The Morgan fingerprint density at radius 3 is 2.36 bits per heavy atom. The van der Waals surface area contributed by atoms with E-state index in [1.807, 2.05) is 0 Å². The van der Waals surface area contributed by atoms with Crippen LogP contribution in [-0.4, -0.2) is 37.9 Å². The van der Waals surface area contributed by atoms with E-state index in [0.29, 0.717) is 12.0 Å². The summed E-state index contributed by atoms with van der Waals surface area (Å²) in [5, 5.41) is 9.50. The van der Waals surface area contributed by atoms with E-state index < -0.39 is 21.9 Å². The highest BCUT2D eigenvalue weighted by Crippen LogP contribution is 2.30. The molecule has 0 aliphatic rings. The molecule has 1 aromatic rings. The largest absolute Gasteiger partial charge is 0.481 e. The Balaban J connectivity index is 3.14. The lowest BCUT2D eigenvalue weighted by atomic mass is 9.93. The van der Waals surface area contributed by atoms with Crippen molar-refractivity contribution in [3.05, 3.63) is 29.8 Å².